The molecule has 0 aliphatic carbocycles. The van der Waals surface area contributed by atoms with Gasteiger partial charge in [0.25, 0.3) is 5.91 Å². The number of benzene rings is 1. The molecule has 5 N–H and O–H groups in total. The van der Waals surface area contributed by atoms with Crippen molar-refractivity contribution in [2.24, 2.45) is 0 Å². The number of nitrogens with one attached hydrogen (secondary N) is 4. The van der Waals surface area contributed by atoms with Crippen molar-refractivity contribution in [2.45, 2.75) is 103 Å². The van der Waals surface area contributed by atoms with E-state index in [9.17, 15) is 28.4 Å². The number of aromatic nitrogens is 1. The lowest BCUT2D eigenvalue weighted by Gasteiger charge is -2.19. The van der Waals surface area contributed by atoms with Crippen molar-refractivity contribution in [3.8, 4) is 0 Å². The number of hydrogen-bond acceptors (Lipinski definition) is 8. The van der Waals surface area contributed by atoms with Gasteiger partial charge in [0.05, 0.1) is 10.6 Å². The second-order valence-electron chi connectivity index (χ2n) is 11.8. The van der Waals surface area contributed by atoms with Crippen LogP contribution in [0.15, 0.2) is 42.6 Å². The molecule has 14 heteroatoms. The van der Waals surface area contributed by atoms with E-state index < -0.39 is 23.9 Å². The molecule has 12 nitrogen and oxygen atoms in total. The van der Waals surface area contributed by atoms with Gasteiger partial charge in [-0.3, -0.25) is 19.2 Å². The Kier molecular flexibility index (Phi) is 20.2. The van der Waals surface area contributed by atoms with E-state index in [-0.39, 0.29) is 66.8 Å². The van der Waals surface area contributed by atoms with Gasteiger partial charge in [-0.2, -0.15) is 4.39 Å². The summed E-state index contributed by atoms with van der Waals surface area (Å²) in [5.41, 5.74) is 0.978. The standard InChI is InChI=1S/C35H49ClFN5O7/c1-25(12-11-21-43)41-32(46)18-17-29(35(48)49-24-26-13-5-2-6-14-26)42-31(45)16-8-4-9-19-38-30(44)15-7-3-10-20-39-34(47)27-22-28(36)33(37)40-23-27/h2,5-6,13-14,22-23,25,29,43H,3-4,7-12,15-21,24H2,1H3,(H,38,44)(H,39,47)(H,41,46)(H,42,45)/t25-,29+/m1/s1. The first kappa shape index (κ1) is 41.1. The third-order valence-electron chi connectivity index (χ3n) is 7.53. The molecule has 1 heterocycles. The minimum absolute atomic E-state index is 0.0241. The highest BCUT2D eigenvalue weighted by Gasteiger charge is 2.24. The highest BCUT2D eigenvalue weighted by atomic mass is 35.5. The van der Waals surface area contributed by atoms with Gasteiger partial charge >= 0.3 is 5.97 Å². The van der Waals surface area contributed by atoms with Gasteiger partial charge in [-0.1, -0.05) is 54.8 Å². The lowest BCUT2D eigenvalue weighted by molar-refractivity contribution is -0.149. The van der Waals surface area contributed by atoms with Crippen molar-refractivity contribution in [3.05, 3.63) is 64.7 Å². The SMILES string of the molecule is C[C@H](CCCO)NC(=O)CC[C@H](NC(=O)CCCCCNC(=O)CCCCCNC(=O)c1cnc(F)c(Cl)c1)C(=O)OCc1ccccc1. The molecule has 49 heavy (non-hydrogen) atoms. The molecule has 2 aromatic rings. The quantitative estimate of drug-likeness (QED) is 0.0616. The first-order valence-electron chi connectivity index (χ1n) is 16.8. The number of esters is 1. The van der Waals surface area contributed by atoms with Crippen LogP contribution < -0.4 is 21.3 Å². The zero-order valence-corrected chi connectivity index (χ0v) is 28.9. The average molecular weight is 706 g/mol. The summed E-state index contributed by atoms with van der Waals surface area (Å²) in [4.78, 5) is 65.6. The fourth-order valence-electron chi connectivity index (χ4n) is 4.78. The lowest BCUT2D eigenvalue weighted by Crippen LogP contribution is -2.43. The predicted octanol–water partition coefficient (Wildman–Crippen LogP) is 4.13. The van der Waals surface area contributed by atoms with Crippen LogP contribution in [0.5, 0.6) is 0 Å². The number of carbonyl (C=O) groups is 5. The maximum absolute atomic E-state index is 13.1. The number of aliphatic hydroxyl groups is 1. The fraction of sp³-hybridized carbons (Fsp3) is 0.543. The average Bonchev–Trinajstić information content (AvgIpc) is 3.09. The largest absolute Gasteiger partial charge is 0.459 e. The Morgan fingerprint density at radius 1 is 0.837 bits per heavy atom. The van der Waals surface area contributed by atoms with E-state index >= 15 is 0 Å². The summed E-state index contributed by atoms with van der Waals surface area (Å²) in [6, 6.07) is 9.28. The predicted molar refractivity (Wildman–Crippen MR) is 183 cm³/mol. The minimum Gasteiger partial charge on any atom is -0.459 e. The minimum atomic E-state index is -0.975. The van der Waals surface area contributed by atoms with Gasteiger partial charge in [0, 0.05) is 51.2 Å². The molecule has 0 unspecified atom stereocenters. The number of pyridine rings is 1. The van der Waals surface area contributed by atoms with Crippen molar-refractivity contribution in [3.63, 3.8) is 0 Å². The zero-order chi connectivity index (χ0) is 35.9. The van der Waals surface area contributed by atoms with E-state index in [1.165, 1.54) is 6.07 Å². The van der Waals surface area contributed by atoms with Gasteiger partial charge in [0.1, 0.15) is 12.6 Å². The number of ether oxygens (including phenoxy) is 1. The van der Waals surface area contributed by atoms with Gasteiger partial charge in [-0.25, -0.2) is 9.78 Å². The highest BCUT2D eigenvalue weighted by molar-refractivity contribution is 6.30. The van der Waals surface area contributed by atoms with Crippen LogP contribution in [0.2, 0.25) is 5.02 Å². The maximum Gasteiger partial charge on any atom is 0.328 e. The van der Waals surface area contributed by atoms with Gasteiger partial charge in [0.2, 0.25) is 23.7 Å². The number of rotatable bonds is 24. The molecule has 0 fully saturated rings. The Hall–Kier alpha value is -4.10. The van der Waals surface area contributed by atoms with Crippen LogP contribution in [-0.4, -0.2) is 71.5 Å². The molecule has 0 aliphatic heterocycles. The van der Waals surface area contributed by atoms with Crippen LogP contribution in [0.3, 0.4) is 0 Å². The Bertz CT molecular complexity index is 1330. The molecule has 270 valence electrons. The normalized spacial score (nSPS) is 12.0. The maximum atomic E-state index is 13.1. The van der Waals surface area contributed by atoms with Crippen LogP contribution in [0.1, 0.15) is 99.9 Å². The molecule has 0 bridgehead atoms. The van der Waals surface area contributed by atoms with Crippen molar-refractivity contribution in [2.75, 3.05) is 19.7 Å². The van der Waals surface area contributed by atoms with Crippen molar-refractivity contribution < 1.29 is 38.2 Å². The van der Waals surface area contributed by atoms with Gasteiger partial charge in [-0.05, 0) is 63.5 Å². The number of amides is 4. The summed E-state index contributed by atoms with van der Waals surface area (Å²) in [5.74, 6) is -2.49. The molecule has 2 rings (SSSR count). The number of aliphatic hydroxyl groups excluding tert-OH is 1. The fourth-order valence-corrected chi connectivity index (χ4v) is 4.94. The molecular weight excluding hydrogens is 657 g/mol. The number of carbonyl (C=O) groups excluding carboxylic acids is 5. The molecule has 0 spiro atoms. The lowest BCUT2D eigenvalue weighted by atomic mass is 10.1. The van der Waals surface area contributed by atoms with Crippen molar-refractivity contribution in [1.29, 1.82) is 0 Å². The molecule has 0 saturated carbocycles. The Morgan fingerprint density at radius 3 is 2.16 bits per heavy atom. The first-order chi connectivity index (χ1) is 23.6. The summed E-state index contributed by atoms with van der Waals surface area (Å²) in [6.45, 7) is 2.81. The first-order valence-corrected chi connectivity index (χ1v) is 17.2. The van der Waals surface area contributed by atoms with E-state index in [2.05, 4.69) is 26.3 Å². The topological polar surface area (TPSA) is 176 Å². The molecule has 0 radical (unpaired) electrons. The zero-order valence-electron chi connectivity index (χ0n) is 28.1. The third kappa shape index (κ3) is 18.3. The van der Waals surface area contributed by atoms with E-state index in [1.807, 2.05) is 37.3 Å². The molecule has 1 aromatic carbocycles. The number of hydrogen-bond donors (Lipinski definition) is 5. The van der Waals surface area contributed by atoms with Crippen molar-refractivity contribution in [1.82, 2.24) is 26.3 Å². The summed E-state index contributed by atoms with van der Waals surface area (Å²) >= 11 is 5.65. The van der Waals surface area contributed by atoms with E-state index in [0.717, 1.165) is 18.2 Å². The molecule has 0 aliphatic rings. The van der Waals surface area contributed by atoms with Gasteiger partial charge in [0.15, 0.2) is 0 Å². The highest BCUT2D eigenvalue weighted by Crippen LogP contribution is 2.13. The smallest absolute Gasteiger partial charge is 0.328 e. The van der Waals surface area contributed by atoms with E-state index in [0.29, 0.717) is 64.5 Å². The van der Waals surface area contributed by atoms with E-state index in [4.69, 9.17) is 21.4 Å². The molecule has 0 saturated heterocycles. The van der Waals surface area contributed by atoms with Gasteiger partial charge in [-0.15, -0.1) is 0 Å². The monoisotopic (exact) mass is 705 g/mol. The van der Waals surface area contributed by atoms with Crippen molar-refractivity contribution >= 4 is 41.2 Å². The second kappa shape index (κ2) is 24.1. The Labute approximate surface area is 292 Å². The molecular formula is C35H49ClFN5O7. The summed E-state index contributed by atoms with van der Waals surface area (Å²) in [7, 11) is 0. The number of nitrogens with zero attached hydrogens (tertiary/aromatic N) is 1. The number of unbranched alkanes of at least 4 members (excludes halogenated alkanes) is 4. The van der Waals surface area contributed by atoms with E-state index in [1.54, 1.807) is 0 Å². The summed E-state index contributed by atoms with van der Waals surface area (Å²) in [6.07, 6.45) is 6.97. The summed E-state index contributed by atoms with van der Waals surface area (Å²) < 4.78 is 18.6. The second-order valence-corrected chi connectivity index (χ2v) is 12.2. The summed E-state index contributed by atoms with van der Waals surface area (Å²) in [5, 5.41) is 19.9. The van der Waals surface area contributed by atoms with Crippen LogP contribution in [-0.2, 0) is 30.5 Å². The third-order valence-corrected chi connectivity index (χ3v) is 7.80. The van der Waals surface area contributed by atoms with Crippen LogP contribution >= 0.6 is 11.6 Å². The molecule has 4 amide bonds. The molecule has 1 aromatic heterocycles. The van der Waals surface area contributed by atoms with Crippen LogP contribution in [0, 0.1) is 5.95 Å². The molecule has 2 atom stereocenters. The van der Waals surface area contributed by atoms with Crippen LogP contribution in [0.25, 0.3) is 0 Å². The number of halogens is 2. The Morgan fingerprint density at radius 2 is 1.49 bits per heavy atom. The van der Waals surface area contributed by atoms with Gasteiger partial charge < -0.3 is 31.1 Å². The Balaban J connectivity index is 1.61. The van der Waals surface area contributed by atoms with Crippen LogP contribution in [0.4, 0.5) is 4.39 Å².